The van der Waals surface area contributed by atoms with Crippen molar-refractivity contribution < 1.29 is 9.32 Å². The van der Waals surface area contributed by atoms with E-state index in [0.29, 0.717) is 47.6 Å². The van der Waals surface area contributed by atoms with Crippen LogP contribution in [0.5, 0.6) is 0 Å². The van der Waals surface area contributed by atoms with E-state index in [1.54, 1.807) is 12.1 Å². The van der Waals surface area contributed by atoms with Crippen LogP contribution in [0.25, 0.3) is 0 Å². The molecule has 0 saturated heterocycles. The van der Waals surface area contributed by atoms with Crippen molar-refractivity contribution in [3.05, 3.63) is 45.5 Å². The number of aryl methyl sites for hydroxylation is 1. The highest BCUT2D eigenvalue weighted by atomic mass is 35.5. The molecule has 0 unspecified atom stereocenters. The number of amides is 1. The normalized spacial score (nSPS) is 11.5. The Morgan fingerprint density at radius 1 is 1.21 bits per heavy atom. The van der Waals surface area contributed by atoms with Gasteiger partial charge in [0.15, 0.2) is 5.82 Å². The molecule has 0 fully saturated rings. The first-order valence-corrected chi connectivity index (χ1v) is 8.55. The summed E-state index contributed by atoms with van der Waals surface area (Å²) in [5.74, 6) is 1.17. The lowest BCUT2D eigenvalue weighted by atomic mass is 9.97. The topological polar surface area (TPSA) is 68.0 Å². The number of nitrogens with zero attached hydrogens (tertiary/aromatic N) is 2. The fraction of sp³-hybridized carbons (Fsp3) is 0.471. The van der Waals surface area contributed by atoms with E-state index in [4.69, 9.17) is 27.7 Å². The number of carbonyl (C=O) groups excluding carboxylic acids is 1. The zero-order chi connectivity index (χ0) is 17.7. The average Bonchev–Trinajstić information content (AvgIpc) is 2.97. The Bertz CT molecular complexity index is 708. The first-order chi connectivity index (χ1) is 11.3. The van der Waals surface area contributed by atoms with E-state index in [9.17, 15) is 4.79 Å². The van der Waals surface area contributed by atoms with Gasteiger partial charge in [0, 0.05) is 24.8 Å². The SMILES string of the molecule is CC(C)(C)c1nc(CCNC(=O)CCc2ccc(Cl)c(Cl)c2)no1. The number of aromatic nitrogens is 2. The summed E-state index contributed by atoms with van der Waals surface area (Å²) in [5.41, 5.74) is 0.807. The fourth-order valence-corrected chi connectivity index (χ4v) is 2.34. The van der Waals surface area contributed by atoms with Crippen LogP contribution in [0.3, 0.4) is 0 Å². The molecule has 7 heteroatoms. The van der Waals surface area contributed by atoms with Gasteiger partial charge in [-0.1, -0.05) is 55.2 Å². The summed E-state index contributed by atoms with van der Waals surface area (Å²) >= 11 is 11.8. The van der Waals surface area contributed by atoms with Crippen molar-refractivity contribution in [2.24, 2.45) is 0 Å². The maximum atomic E-state index is 11.9. The van der Waals surface area contributed by atoms with Gasteiger partial charge in [0.1, 0.15) is 0 Å². The molecule has 1 aromatic carbocycles. The third kappa shape index (κ3) is 5.49. The van der Waals surface area contributed by atoms with E-state index in [1.165, 1.54) is 0 Å². The van der Waals surface area contributed by atoms with E-state index >= 15 is 0 Å². The highest BCUT2D eigenvalue weighted by Crippen LogP contribution is 2.23. The molecule has 5 nitrogen and oxygen atoms in total. The Kier molecular flexibility index (Phi) is 6.24. The molecule has 2 rings (SSSR count). The number of nitrogens with one attached hydrogen (secondary N) is 1. The Morgan fingerprint density at radius 2 is 1.96 bits per heavy atom. The maximum Gasteiger partial charge on any atom is 0.232 e. The van der Waals surface area contributed by atoms with Gasteiger partial charge in [-0.25, -0.2) is 0 Å². The van der Waals surface area contributed by atoms with Gasteiger partial charge < -0.3 is 9.84 Å². The third-order valence-corrected chi connectivity index (χ3v) is 4.14. The molecule has 0 spiro atoms. The predicted octanol–water partition coefficient (Wildman–Crippen LogP) is 3.97. The molecule has 0 atom stereocenters. The molecule has 0 saturated carbocycles. The summed E-state index contributed by atoms with van der Waals surface area (Å²) in [4.78, 5) is 16.2. The van der Waals surface area contributed by atoms with E-state index in [-0.39, 0.29) is 11.3 Å². The maximum absolute atomic E-state index is 11.9. The summed E-state index contributed by atoms with van der Waals surface area (Å²) in [5, 5.41) is 7.80. The van der Waals surface area contributed by atoms with Crippen LogP contribution < -0.4 is 5.32 Å². The monoisotopic (exact) mass is 369 g/mol. The lowest BCUT2D eigenvalue weighted by Crippen LogP contribution is -2.26. The molecule has 130 valence electrons. The molecule has 0 aliphatic carbocycles. The summed E-state index contributed by atoms with van der Waals surface area (Å²) in [7, 11) is 0. The second-order valence-corrected chi connectivity index (χ2v) is 7.43. The molecule has 1 heterocycles. The van der Waals surface area contributed by atoms with Crippen LogP contribution in [0.15, 0.2) is 22.7 Å². The fourth-order valence-electron chi connectivity index (χ4n) is 2.02. The Balaban J connectivity index is 1.73. The van der Waals surface area contributed by atoms with Gasteiger partial charge in [-0.3, -0.25) is 4.79 Å². The number of halogens is 2. The van der Waals surface area contributed by atoms with E-state index in [2.05, 4.69) is 15.5 Å². The van der Waals surface area contributed by atoms with Crippen molar-refractivity contribution in [3.8, 4) is 0 Å². The predicted molar refractivity (Wildman–Crippen MR) is 94.5 cm³/mol. The summed E-state index contributed by atoms with van der Waals surface area (Å²) < 4.78 is 5.22. The second-order valence-electron chi connectivity index (χ2n) is 6.61. The minimum Gasteiger partial charge on any atom is -0.356 e. The highest BCUT2D eigenvalue weighted by molar-refractivity contribution is 6.42. The number of benzene rings is 1. The zero-order valence-corrected chi connectivity index (χ0v) is 15.5. The lowest BCUT2D eigenvalue weighted by Gasteiger charge is -2.10. The van der Waals surface area contributed by atoms with E-state index in [0.717, 1.165) is 5.56 Å². The molecule has 0 radical (unpaired) electrons. The minimum atomic E-state index is -0.172. The van der Waals surface area contributed by atoms with Crippen molar-refractivity contribution in [3.63, 3.8) is 0 Å². The summed E-state index contributed by atoms with van der Waals surface area (Å²) in [6.07, 6.45) is 1.54. The summed E-state index contributed by atoms with van der Waals surface area (Å²) in [6.45, 7) is 6.50. The van der Waals surface area contributed by atoms with Gasteiger partial charge in [-0.2, -0.15) is 4.98 Å². The molecule has 1 amide bonds. The van der Waals surface area contributed by atoms with Crippen molar-refractivity contribution in [1.82, 2.24) is 15.5 Å². The molecule has 1 N–H and O–H groups in total. The van der Waals surface area contributed by atoms with Gasteiger partial charge in [-0.05, 0) is 24.1 Å². The van der Waals surface area contributed by atoms with Crippen LogP contribution >= 0.6 is 23.2 Å². The van der Waals surface area contributed by atoms with E-state index < -0.39 is 0 Å². The number of hydrogen-bond acceptors (Lipinski definition) is 4. The molecule has 0 aliphatic rings. The van der Waals surface area contributed by atoms with Gasteiger partial charge in [0.05, 0.1) is 10.0 Å². The molecule has 0 aliphatic heterocycles. The van der Waals surface area contributed by atoms with Gasteiger partial charge >= 0.3 is 0 Å². The molecular formula is C17H21Cl2N3O2. The van der Waals surface area contributed by atoms with Gasteiger partial charge in [0.2, 0.25) is 11.8 Å². The van der Waals surface area contributed by atoms with Crippen molar-refractivity contribution in [2.45, 2.75) is 45.4 Å². The molecule has 0 bridgehead atoms. The van der Waals surface area contributed by atoms with Crippen LogP contribution in [0.4, 0.5) is 0 Å². The first-order valence-electron chi connectivity index (χ1n) is 7.79. The summed E-state index contributed by atoms with van der Waals surface area (Å²) in [6, 6.07) is 5.39. The largest absolute Gasteiger partial charge is 0.356 e. The quantitative estimate of drug-likeness (QED) is 0.836. The highest BCUT2D eigenvalue weighted by Gasteiger charge is 2.21. The van der Waals surface area contributed by atoms with Crippen molar-refractivity contribution in [2.75, 3.05) is 6.54 Å². The van der Waals surface area contributed by atoms with Crippen LogP contribution in [-0.4, -0.2) is 22.6 Å². The van der Waals surface area contributed by atoms with Crippen LogP contribution in [0.1, 0.15) is 44.5 Å². The average molecular weight is 370 g/mol. The van der Waals surface area contributed by atoms with Crippen LogP contribution in [-0.2, 0) is 23.1 Å². The minimum absolute atomic E-state index is 0.0272. The molecule has 2 aromatic rings. The molecule has 24 heavy (non-hydrogen) atoms. The third-order valence-electron chi connectivity index (χ3n) is 3.41. The first kappa shape index (κ1) is 18.7. The zero-order valence-electron chi connectivity index (χ0n) is 14.0. The van der Waals surface area contributed by atoms with Crippen molar-refractivity contribution >= 4 is 29.1 Å². The van der Waals surface area contributed by atoms with Gasteiger partial charge in [-0.15, -0.1) is 0 Å². The number of hydrogen-bond donors (Lipinski definition) is 1. The smallest absolute Gasteiger partial charge is 0.232 e. The second kappa shape index (κ2) is 7.99. The Hall–Kier alpha value is -1.59. The number of rotatable bonds is 6. The van der Waals surface area contributed by atoms with Gasteiger partial charge in [0.25, 0.3) is 0 Å². The number of carbonyl (C=O) groups is 1. The van der Waals surface area contributed by atoms with Crippen LogP contribution in [0.2, 0.25) is 10.0 Å². The molecule has 1 aromatic heterocycles. The van der Waals surface area contributed by atoms with Crippen LogP contribution in [0, 0.1) is 0 Å². The molecular weight excluding hydrogens is 349 g/mol. The Labute approximate surface area is 151 Å². The standard InChI is InChI=1S/C17H21Cl2N3O2/c1-17(2,3)16-21-14(22-24-16)8-9-20-15(23)7-5-11-4-6-12(18)13(19)10-11/h4,6,10H,5,7-9H2,1-3H3,(H,20,23). The van der Waals surface area contributed by atoms with Crippen molar-refractivity contribution in [1.29, 1.82) is 0 Å². The van der Waals surface area contributed by atoms with E-state index in [1.807, 2.05) is 26.8 Å². The Morgan fingerprint density at radius 3 is 2.58 bits per heavy atom. The lowest BCUT2D eigenvalue weighted by molar-refractivity contribution is -0.121.